The molecule has 0 N–H and O–H groups in total. The van der Waals surface area contributed by atoms with Crippen molar-refractivity contribution in [2.24, 2.45) is 0 Å². The highest BCUT2D eigenvalue weighted by Crippen LogP contribution is 2.28. The third-order valence-electron chi connectivity index (χ3n) is 1.80. The zero-order chi connectivity index (χ0) is 13.2. The van der Waals surface area contributed by atoms with Crippen LogP contribution in [0.2, 0.25) is 0 Å². The summed E-state index contributed by atoms with van der Waals surface area (Å²) in [6.07, 6.45) is -4.77. The van der Waals surface area contributed by atoms with Crippen LogP contribution >= 0.6 is 31.9 Å². The predicted octanol–water partition coefficient (Wildman–Crippen LogP) is 4.31. The maximum Gasteiger partial charge on any atom is 0.573 e. The number of ether oxygens (including phenoxy) is 1. The fraction of sp³-hybridized carbons (Fsp3) is 0.300. The van der Waals surface area contributed by atoms with Crippen molar-refractivity contribution in [3.05, 3.63) is 28.2 Å². The van der Waals surface area contributed by atoms with E-state index < -0.39 is 16.9 Å². The summed E-state index contributed by atoms with van der Waals surface area (Å²) in [6.45, 7) is 1.59. The quantitative estimate of drug-likeness (QED) is 0.581. The Morgan fingerprint density at radius 3 is 2.47 bits per heavy atom. The van der Waals surface area contributed by atoms with Gasteiger partial charge in [-0.25, -0.2) is 0 Å². The molecule has 0 heterocycles. The first kappa shape index (κ1) is 14.5. The zero-order valence-electron chi connectivity index (χ0n) is 8.52. The highest BCUT2D eigenvalue weighted by atomic mass is 79.9. The smallest absolute Gasteiger partial charge is 0.406 e. The summed E-state index contributed by atoms with van der Waals surface area (Å²) in [5.74, 6) is -0.748. The lowest BCUT2D eigenvalue weighted by molar-refractivity contribution is -0.274. The molecule has 0 aliphatic carbocycles. The molecule has 1 atom stereocenters. The standard InChI is InChI=1S/C10H7Br2F3O2/c1-5(11)9(16)7-4-6(2-3-8(7)12)17-10(13,14)15/h2-5H,1H3. The molecule has 1 aromatic carbocycles. The van der Waals surface area contributed by atoms with Gasteiger partial charge in [-0.1, -0.05) is 31.9 Å². The summed E-state index contributed by atoms with van der Waals surface area (Å²) >= 11 is 6.16. The van der Waals surface area contributed by atoms with Gasteiger partial charge in [-0.15, -0.1) is 13.2 Å². The highest BCUT2D eigenvalue weighted by molar-refractivity contribution is 9.10. The van der Waals surface area contributed by atoms with E-state index >= 15 is 0 Å². The number of hydrogen-bond acceptors (Lipinski definition) is 2. The average molecular weight is 376 g/mol. The fourth-order valence-corrected chi connectivity index (χ4v) is 1.79. The van der Waals surface area contributed by atoms with Gasteiger partial charge in [0.25, 0.3) is 0 Å². The van der Waals surface area contributed by atoms with Gasteiger partial charge in [0.15, 0.2) is 5.78 Å². The van der Waals surface area contributed by atoms with E-state index in [4.69, 9.17) is 0 Å². The molecule has 1 unspecified atom stereocenters. The average Bonchev–Trinajstić information content (AvgIpc) is 2.17. The van der Waals surface area contributed by atoms with Crippen LogP contribution in [-0.2, 0) is 0 Å². The van der Waals surface area contributed by atoms with Crippen LogP contribution < -0.4 is 4.74 Å². The predicted molar refractivity (Wildman–Crippen MR) is 63.5 cm³/mol. The molecule has 0 bridgehead atoms. The van der Waals surface area contributed by atoms with Crippen LogP contribution in [0.15, 0.2) is 22.7 Å². The van der Waals surface area contributed by atoms with Crippen molar-refractivity contribution < 1.29 is 22.7 Å². The molecule has 1 aromatic rings. The molecule has 0 aliphatic rings. The molecule has 2 nitrogen and oxygen atoms in total. The Labute approximate surface area is 112 Å². The maximum absolute atomic E-state index is 12.0. The molecule has 94 valence electrons. The minimum atomic E-state index is -4.77. The molecule has 0 fully saturated rings. The molecule has 17 heavy (non-hydrogen) atoms. The molecule has 0 saturated heterocycles. The zero-order valence-corrected chi connectivity index (χ0v) is 11.7. The van der Waals surface area contributed by atoms with E-state index in [2.05, 4.69) is 36.6 Å². The van der Waals surface area contributed by atoms with Gasteiger partial charge < -0.3 is 4.74 Å². The van der Waals surface area contributed by atoms with E-state index in [1.165, 1.54) is 6.07 Å². The normalized spacial score (nSPS) is 13.3. The number of Topliss-reactive ketones (excluding diaryl/α,β-unsaturated/α-hetero) is 1. The Morgan fingerprint density at radius 1 is 1.41 bits per heavy atom. The number of benzene rings is 1. The van der Waals surface area contributed by atoms with Crippen molar-refractivity contribution in [2.75, 3.05) is 0 Å². The van der Waals surface area contributed by atoms with Crippen LogP contribution in [0.5, 0.6) is 5.75 Å². The molecule has 0 spiro atoms. The van der Waals surface area contributed by atoms with Gasteiger partial charge in [0.05, 0.1) is 4.83 Å². The third-order valence-corrected chi connectivity index (χ3v) is 2.91. The van der Waals surface area contributed by atoms with Gasteiger partial charge in [0, 0.05) is 10.0 Å². The number of alkyl halides is 4. The van der Waals surface area contributed by atoms with Gasteiger partial charge in [-0.05, 0) is 25.1 Å². The second-order valence-corrected chi connectivity index (χ2v) is 5.40. The van der Waals surface area contributed by atoms with Crippen molar-refractivity contribution >= 4 is 37.6 Å². The third kappa shape index (κ3) is 4.31. The molecule has 0 radical (unpaired) electrons. The number of rotatable bonds is 3. The van der Waals surface area contributed by atoms with E-state index in [9.17, 15) is 18.0 Å². The van der Waals surface area contributed by atoms with Crippen molar-refractivity contribution in [3.8, 4) is 5.75 Å². The summed E-state index contributed by atoms with van der Waals surface area (Å²) in [5, 5.41) is 0. The fourth-order valence-electron chi connectivity index (χ4n) is 1.10. The van der Waals surface area contributed by atoms with Crippen molar-refractivity contribution in [2.45, 2.75) is 18.1 Å². The molecule has 0 saturated carbocycles. The van der Waals surface area contributed by atoms with Gasteiger partial charge in [-0.3, -0.25) is 4.79 Å². The number of halogens is 5. The van der Waals surface area contributed by atoms with E-state index in [0.717, 1.165) is 12.1 Å². The Morgan fingerprint density at radius 2 is 2.00 bits per heavy atom. The molecule has 7 heteroatoms. The molecule has 1 rings (SSSR count). The van der Waals surface area contributed by atoms with Crippen LogP contribution in [0.3, 0.4) is 0 Å². The first-order valence-corrected chi connectivity index (χ1v) is 6.15. The summed E-state index contributed by atoms with van der Waals surface area (Å²) in [4.78, 5) is 11.2. The first-order chi connectivity index (χ1) is 7.70. The van der Waals surface area contributed by atoms with Crippen LogP contribution in [-0.4, -0.2) is 17.0 Å². The molecule has 0 amide bonds. The Balaban J connectivity index is 3.07. The summed E-state index contributed by atoms with van der Waals surface area (Å²) in [7, 11) is 0. The topological polar surface area (TPSA) is 26.3 Å². The molecule has 0 aliphatic heterocycles. The highest BCUT2D eigenvalue weighted by Gasteiger charge is 2.31. The van der Waals surface area contributed by atoms with Crippen LogP contribution in [0, 0.1) is 0 Å². The second kappa shape index (κ2) is 5.39. The lowest BCUT2D eigenvalue weighted by Gasteiger charge is -2.11. The summed E-state index contributed by atoms with van der Waals surface area (Å²) < 4.78 is 40.2. The number of carbonyl (C=O) groups excluding carboxylic acids is 1. The van der Waals surface area contributed by atoms with E-state index in [-0.39, 0.29) is 11.3 Å². The Hall–Kier alpha value is -0.560. The summed E-state index contributed by atoms with van der Waals surface area (Å²) in [6, 6.07) is 3.52. The van der Waals surface area contributed by atoms with Gasteiger partial charge in [0.2, 0.25) is 0 Å². The van der Waals surface area contributed by atoms with Crippen LogP contribution in [0.25, 0.3) is 0 Å². The maximum atomic E-state index is 12.0. The molecular weight excluding hydrogens is 369 g/mol. The molecule has 0 aromatic heterocycles. The lowest BCUT2D eigenvalue weighted by Crippen LogP contribution is -2.18. The Bertz CT molecular complexity index is 430. The lowest BCUT2D eigenvalue weighted by atomic mass is 10.1. The van der Waals surface area contributed by atoms with Gasteiger partial charge in [0.1, 0.15) is 5.75 Å². The molecular formula is C10H7Br2F3O2. The number of hydrogen-bond donors (Lipinski definition) is 0. The largest absolute Gasteiger partial charge is 0.573 e. The van der Waals surface area contributed by atoms with E-state index in [1.807, 2.05) is 0 Å². The summed E-state index contributed by atoms with van der Waals surface area (Å²) in [5.41, 5.74) is 0.135. The van der Waals surface area contributed by atoms with E-state index in [1.54, 1.807) is 6.92 Å². The van der Waals surface area contributed by atoms with Crippen LogP contribution in [0.1, 0.15) is 17.3 Å². The second-order valence-electron chi connectivity index (χ2n) is 3.17. The van der Waals surface area contributed by atoms with Crippen molar-refractivity contribution in [3.63, 3.8) is 0 Å². The van der Waals surface area contributed by atoms with Gasteiger partial charge in [-0.2, -0.15) is 0 Å². The first-order valence-electron chi connectivity index (χ1n) is 4.44. The minimum absolute atomic E-state index is 0.135. The number of carbonyl (C=O) groups is 1. The Kier molecular flexibility index (Phi) is 4.60. The van der Waals surface area contributed by atoms with E-state index in [0.29, 0.717) is 4.47 Å². The SMILES string of the molecule is CC(Br)C(=O)c1cc(OC(F)(F)F)ccc1Br. The minimum Gasteiger partial charge on any atom is -0.406 e. The van der Waals surface area contributed by atoms with Gasteiger partial charge >= 0.3 is 6.36 Å². The monoisotopic (exact) mass is 374 g/mol. The van der Waals surface area contributed by atoms with Crippen molar-refractivity contribution in [1.29, 1.82) is 0 Å². The van der Waals surface area contributed by atoms with Crippen LogP contribution in [0.4, 0.5) is 13.2 Å². The number of ketones is 1. The van der Waals surface area contributed by atoms with Crippen molar-refractivity contribution in [1.82, 2.24) is 0 Å².